The number of sulfonamides is 1. The molecule has 0 bridgehead atoms. The van der Waals surface area contributed by atoms with Crippen molar-refractivity contribution >= 4 is 33.2 Å². The van der Waals surface area contributed by atoms with E-state index in [1.54, 1.807) is 0 Å². The minimum absolute atomic E-state index is 0.00408. The van der Waals surface area contributed by atoms with Crippen LogP contribution in [0.5, 0.6) is 5.75 Å². The second-order valence-electron chi connectivity index (χ2n) is 5.85. The lowest BCUT2D eigenvalue weighted by Crippen LogP contribution is -2.11. The number of methoxy groups -OCH3 is 1. The third-order valence-electron chi connectivity index (χ3n) is 3.92. The molecule has 0 aliphatic heterocycles. The van der Waals surface area contributed by atoms with E-state index >= 15 is 0 Å². The van der Waals surface area contributed by atoms with Crippen molar-refractivity contribution in [2.24, 2.45) is 5.14 Å². The third-order valence-corrected chi connectivity index (χ3v) is 5.41. The van der Waals surface area contributed by atoms with Gasteiger partial charge in [0, 0.05) is 11.1 Å². The van der Waals surface area contributed by atoms with Crippen molar-refractivity contribution in [2.75, 3.05) is 7.11 Å². The molecule has 2 aromatic carbocycles. The van der Waals surface area contributed by atoms with Gasteiger partial charge in [-0.15, -0.1) is 0 Å². The number of ether oxygens (including phenoxy) is 1. The molecule has 0 spiro atoms. The number of imidazole rings is 1. The number of rotatable bonds is 4. The first-order valence-electron chi connectivity index (χ1n) is 7.75. The highest BCUT2D eigenvalue weighted by Gasteiger charge is 2.36. The van der Waals surface area contributed by atoms with E-state index < -0.39 is 22.0 Å². The van der Waals surface area contributed by atoms with Crippen molar-refractivity contribution in [1.82, 2.24) is 9.97 Å². The number of aromatic amines is 1. The molecule has 154 valence electrons. The van der Waals surface area contributed by atoms with Gasteiger partial charge in [0.1, 0.15) is 0 Å². The Morgan fingerprint density at radius 3 is 2.07 bits per heavy atom. The van der Waals surface area contributed by atoms with Gasteiger partial charge >= 0.3 is 6.18 Å². The molecule has 0 aliphatic rings. The molecule has 3 N–H and O–H groups in total. The summed E-state index contributed by atoms with van der Waals surface area (Å²) in [4.78, 5) is 5.70. The summed E-state index contributed by atoms with van der Waals surface area (Å²) in [6.07, 6.45) is -4.74. The molecule has 3 rings (SSSR count). The van der Waals surface area contributed by atoms with Crippen LogP contribution in [0.2, 0.25) is 10.0 Å². The van der Waals surface area contributed by atoms with Gasteiger partial charge in [0.25, 0.3) is 0 Å². The zero-order valence-electron chi connectivity index (χ0n) is 14.5. The maximum Gasteiger partial charge on any atom is 0.449 e. The summed E-state index contributed by atoms with van der Waals surface area (Å²) in [6, 6.07) is 7.70. The lowest BCUT2D eigenvalue weighted by molar-refractivity contribution is -0.144. The molecular formula is C17H12Cl2F3N3O3S. The summed E-state index contributed by atoms with van der Waals surface area (Å²) in [5, 5.41) is 5.22. The lowest BCUT2D eigenvalue weighted by atomic mass is 10.0. The molecule has 12 heteroatoms. The molecule has 1 aromatic heterocycles. The number of nitrogens with zero attached hydrogens (tertiary/aromatic N) is 1. The van der Waals surface area contributed by atoms with Gasteiger partial charge in [-0.05, 0) is 24.3 Å². The molecule has 0 amide bonds. The first kappa shape index (κ1) is 21.4. The van der Waals surface area contributed by atoms with Crippen molar-refractivity contribution in [3.05, 3.63) is 52.3 Å². The van der Waals surface area contributed by atoms with E-state index in [2.05, 4.69) is 9.97 Å². The Hall–Kier alpha value is -2.27. The quantitative estimate of drug-likeness (QED) is 0.581. The monoisotopic (exact) mass is 465 g/mol. The van der Waals surface area contributed by atoms with Crippen molar-refractivity contribution in [3.8, 4) is 28.3 Å². The molecule has 0 radical (unpaired) electrons. The molecule has 0 saturated carbocycles. The highest BCUT2D eigenvalue weighted by molar-refractivity contribution is 7.89. The Morgan fingerprint density at radius 1 is 1.07 bits per heavy atom. The number of nitrogens with one attached hydrogen (secondary N) is 1. The number of primary sulfonamides is 1. The van der Waals surface area contributed by atoms with Crippen LogP contribution in [-0.4, -0.2) is 25.5 Å². The Bertz CT molecular complexity index is 1150. The van der Waals surface area contributed by atoms with Crippen LogP contribution in [-0.2, 0) is 16.2 Å². The standard InChI is InChI=1S/C17H12Cl2F3N3O3S/c1-28-15-11(18)6-9(7-12(15)19)14-13(24-16(25-14)17(20,21)22)8-2-4-10(5-3-8)29(23,26)27/h2-7H,1H3,(H,24,25)(H2,23,26,27). The van der Waals surface area contributed by atoms with Gasteiger partial charge in [0.05, 0.1) is 33.4 Å². The normalized spacial score (nSPS) is 12.2. The molecule has 3 aromatic rings. The molecule has 0 unspecified atom stereocenters. The van der Waals surface area contributed by atoms with Gasteiger partial charge in [-0.3, -0.25) is 0 Å². The second kappa shape index (κ2) is 7.52. The Balaban J connectivity index is 2.22. The maximum absolute atomic E-state index is 13.2. The fourth-order valence-corrected chi connectivity index (χ4v) is 3.78. The number of benzene rings is 2. The number of aromatic nitrogens is 2. The predicted molar refractivity (Wildman–Crippen MR) is 102 cm³/mol. The molecule has 0 saturated heterocycles. The molecule has 29 heavy (non-hydrogen) atoms. The average Bonchev–Trinajstić information content (AvgIpc) is 3.06. The summed E-state index contributed by atoms with van der Waals surface area (Å²) >= 11 is 12.2. The topological polar surface area (TPSA) is 98.1 Å². The smallest absolute Gasteiger partial charge is 0.449 e. The van der Waals surface area contributed by atoms with Gasteiger partial charge in [-0.25, -0.2) is 18.5 Å². The van der Waals surface area contributed by atoms with Crippen LogP contribution < -0.4 is 9.88 Å². The maximum atomic E-state index is 13.2. The van der Waals surface area contributed by atoms with Gasteiger partial charge in [0.2, 0.25) is 15.8 Å². The van der Waals surface area contributed by atoms with Crippen LogP contribution >= 0.6 is 23.2 Å². The van der Waals surface area contributed by atoms with Crippen molar-refractivity contribution in [3.63, 3.8) is 0 Å². The first-order valence-corrected chi connectivity index (χ1v) is 10.1. The van der Waals surface area contributed by atoms with E-state index in [9.17, 15) is 21.6 Å². The predicted octanol–water partition coefficient (Wildman–Crippen LogP) is 4.73. The first-order chi connectivity index (χ1) is 13.4. The SMILES string of the molecule is COc1c(Cl)cc(-c2nc(C(F)(F)F)[nH]c2-c2ccc(S(N)(=O)=O)cc2)cc1Cl. The largest absolute Gasteiger partial charge is 0.494 e. The fraction of sp³-hybridized carbons (Fsp3) is 0.118. The minimum Gasteiger partial charge on any atom is -0.494 e. The second-order valence-corrected chi connectivity index (χ2v) is 8.23. The number of alkyl halides is 3. The van der Waals surface area contributed by atoms with Crippen LogP contribution in [0, 0.1) is 0 Å². The summed E-state index contributed by atoms with van der Waals surface area (Å²) < 4.78 is 67.6. The molecule has 0 fully saturated rings. The van der Waals surface area contributed by atoms with E-state index in [0.717, 1.165) is 0 Å². The van der Waals surface area contributed by atoms with Crippen LogP contribution in [0.15, 0.2) is 41.3 Å². The van der Waals surface area contributed by atoms with Crippen molar-refractivity contribution in [1.29, 1.82) is 0 Å². The van der Waals surface area contributed by atoms with Gasteiger partial charge in [-0.1, -0.05) is 35.3 Å². The summed E-state index contributed by atoms with van der Waals surface area (Å²) in [6.45, 7) is 0. The van der Waals surface area contributed by atoms with E-state index in [1.807, 2.05) is 0 Å². The molecular weight excluding hydrogens is 454 g/mol. The summed E-state index contributed by atoms with van der Waals surface area (Å²) in [5.74, 6) is -1.07. The Kier molecular flexibility index (Phi) is 5.56. The molecule has 0 aliphatic carbocycles. The van der Waals surface area contributed by atoms with Crippen LogP contribution in [0.1, 0.15) is 5.82 Å². The molecule has 0 atom stereocenters. The minimum atomic E-state index is -4.74. The number of halogens is 5. The van der Waals surface area contributed by atoms with Crippen molar-refractivity contribution < 1.29 is 26.3 Å². The van der Waals surface area contributed by atoms with Crippen molar-refractivity contribution in [2.45, 2.75) is 11.1 Å². The van der Waals surface area contributed by atoms with E-state index in [1.165, 1.54) is 43.5 Å². The Morgan fingerprint density at radius 2 is 1.62 bits per heavy atom. The molecule has 1 heterocycles. The zero-order chi connectivity index (χ0) is 21.6. The highest BCUT2D eigenvalue weighted by atomic mass is 35.5. The van der Waals surface area contributed by atoms with Crippen LogP contribution in [0.4, 0.5) is 13.2 Å². The molecule has 6 nitrogen and oxygen atoms in total. The van der Waals surface area contributed by atoms with Gasteiger partial charge < -0.3 is 9.72 Å². The van der Waals surface area contributed by atoms with Crippen LogP contribution in [0.3, 0.4) is 0 Å². The number of hydrogen-bond donors (Lipinski definition) is 2. The van der Waals surface area contributed by atoms with Gasteiger partial charge in [-0.2, -0.15) is 13.2 Å². The highest BCUT2D eigenvalue weighted by Crippen LogP contribution is 2.41. The van der Waals surface area contributed by atoms with E-state index in [4.69, 9.17) is 33.1 Å². The fourth-order valence-electron chi connectivity index (χ4n) is 2.63. The summed E-state index contributed by atoms with van der Waals surface area (Å²) in [7, 11) is -2.61. The number of nitrogens with two attached hydrogens (primary N) is 1. The third kappa shape index (κ3) is 4.35. The Labute approximate surface area is 173 Å². The summed E-state index contributed by atoms with van der Waals surface area (Å²) in [5.41, 5.74) is 0.374. The lowest BCUT2D eigenvalue weighted by Gasteiger charge is -2.09. The number of hydrogen-bond acceptors (Lipinski definition) is 4. The van der Waals surface area contributed by atoms with E-state index in [-0.39, 0.29) is 43.2 Å². The van der Waals surface area contributed by atoms with E-state index in [0.29, 0.717) is 0 Å². The average molecular weight is 466 g/mol. The number of H-pyrrole nitrogens is 1. The van der Waals surface area contributed by atoms with Gasteiger partial charge in [0.15, 0.2) is 5.75 Å². The van der Waals surface area contributed by atoms with Crippen LogP contribution in [0.25, 0.3) is 22.5 Å². The zero-order valence-corrected chi connectivity index (χ0v) is 16.8.